The molecule has 2 unspecified atom stereocenters. The van der Waals surface area contributed by atoms with Crippen molar-refractivity contribution in [3.63, 3.8) is 0 Å². The van der Waals surface area contributed by atoms with E-state index in [1.165, 1.54) is 0 Å². The largest absolute Gasteiger partial charge is 0.220 e. The second-order valence-electron chi connectivity index (χ2n) is 4.84. The molecule has 2 nitrogen and oxygen atoms in total. The van der Waals surface area contributed by atoms with Gasteiger partial charge < -0.3 is 0 Å². The van der Waals surface area contributed by atoms with Gasteiger partial charge in [0.15, 0.2) is 0 Å². The Bertz CT molecular complexity index is 622. The molecule has 0 saturated heterocycles. The van der Waals surface area contributed by atoms with Crippen molar-refractivity contribution in [1.82, 2.24) is 9.97 Å². The Hall–Kier alpha value is -0.640. The summed E-state index contributed by atoms with van der Waals surface area (Å²) in [4.78, 5) is 8.83. The molecule has 19 heavy (non-hydrogen) atoms. The Balaban J connectivity index is 2.10. The highest BCUT2D eigenvalue weighted by Gasteiger charge is 2.37. The number of hydrogen-bond acceptors (Lipinski definition) is 2. The first-order chi connectivity index (χ1) is 9.08. The van der Waals surface area contributed by atoms with Crippen molar-refractivity contribution in [2.45, 2.75) is 19.3 Å². The zero-order chi connectivity index (χ0) is 13.6. The van der Waals surface area contributed by atoms with Gasteiger partial charge in [-0.05, 0) is 18.4 Å². The van der Waals surface area contributed by atoms with E-state index < -0.39 is 0 Å². The molecule has 1 heterocycles. The average molecular weight is 358 g/mol. The highest BCUT2D eigenvalue weighted by molar-refractivity contribution is 9.10. The molecule has 5 heteroatoms. The number of nitrogens with zero attached hydrogens (tertiary/aromatic N) is 2. The molecule has 1 aliphatic carbocycles. The second kappa shape index (κ2) is 5.04. The number of halogens is 3. The standard InChI is InChI=1S/C14H11BrCl2N2/c1-7-6-9(7)14-18-12(16)11(13(17)19-14)8-4-2-3-5-10(8)15/h2-5,7,9H,6H2,1H3. The number of hydrogen-bond donors (Lipinski definition) is 0. The van der Waals surface area contributed by atoms with Gasteiger partial charge in [0.05, 0.1) is 5.56 Å². The summed E-state index contributed by atoms with van der Waals surface area (Å²) in [7, 11) is 0. The van der Waals surface area contributed by atoms with Crippen LogP contribution in [-0.2, 0) is 0 Å². The van der Waals surface area contributed by atoms with Crippen LogP contribution in [0.25, 0.3) is 11.1 Å². The van der Waals surface area contributed by atoms with Crippen LogP contribution in [0, 0.1) is 5.92 Å². The van der Waals surface area contributed by atoms with Crippen molar-refractivity contribution in [2.24, 2.45) is 5.92 Å². The van der Waals surface area contributed by atoms with Gasteiger partial charge in [-0.1, -0.05) is 64.3 Å². The van der Waals surface area contributed by atoms with E-state index in [0.717, 1.165) is 22.3 Å². The molecule has 1 aromatic carbocycles. The van der Waals surface area contributed by atoms with Crippen LogP contribution in [0.1, 0.15) is 25.1 Å². The van der Waals surface area contributed by atoms with Crippen LogP contribution in [0.2, 0.25) is 10.3 Å². The summed E-state index contributed by atoms with van der Waals surface area (Å²) >= 11 is 16.1. The summed E-state index contributed by atoms with van der Waals surface area (Å²) in [5, 5.41) is 0.835. The fourth-order valence-electron chi connectivity index (χ4n) is 2.16. The van der Waals surface area contributed by atoms with E-state index in [-0.39, 0.29) is 0 Å². The third-order valence-corrected chi connectivity index (χ3v) is 4.66. The number of benzene rings is 1. The lowest BCUT2D eigenvalue weighted by Gasteiger charge is -2.09. The third-order valence-electron chi connectivity index (χ3n) is 3.42. The Morgan fingerprint density at radius 2 is 1.74 bits per heavy atom. The van der Waals surface area contributed by atoms with Crippen molar-refractivity contribution in [3.8, 4) is 11.1 Å². The first kappa shape index (κ1) is 13.3. The summed E-state index contributed by atoms with van der Waals surface area (Å²) in [5.74, 6) is 1.79. The lowest BCUT2D eigenvalue weighted by molar-refractivity contribution is 0.843. The van der Waals surface area contributed by atoms with E-state index in [0.29, 0.717) is 27.7 Å². The minimum absolute atomic E-state index is 0.406. The highest BCUT2D eigenvalue weighted by atomic mass is 79.9. The molecule has 1 fully saturated rings. The van der Waals surface area contributed by atoms with Crippen LogP contribution < -0.4 is 0 Å². The summed E-state index contributed by atoms with van der Waals surface area (Å²) < 4.78 is 0.926. The van der Waals surface area contributed by atoms with E-state index in [9.17, 15) is 0 Å². The molecule has 0 radical (unpaired) electrons. The number of aromatic nitrogens is 2. The maximum absolute atomic E-state index is 6.30. The van der Waals surface area contributed by atoms with Gasteiger partial charge in [0.1, 0.15) is 16.1 Å². The quantitative estimate of drug-likeness (QED) is 0.678. The molecular weight excluding hydrogens is 347 g/mol. The van der Waals surface area contributed by atoms with Gasteiger partial charge in [0.2, 0.25) is 0 Å². The van der Waals surface area contributed by atoms with Gasteiger partial charge in [-0.2, -0.15) is 0 Å². The van der Waals surface area contributed by atoms with Crippen LogP contribution in [0.4, 0.5) is 0 Å². The first-order valence-electron chi connectivity index (χ1n) is 6.05. The average Bonchev–Trinajstić information content (AvgIpc) is 3.08. The minimum atomic E-state index is 0.406. The van der Waals surface area contributed by atoms with Gasteiger partial charge in [-0.3, -0.25) is 0 Å². The molecule has 2 atom stereocenters. The van der Waals surface area contributed by atoms with Gasteiger partial charge >= 0.3 is 0 Å². The Morgan fingerprint density at radius 3 is 2.26 bits per heavy atom. The Morgan fingerprint density at radius 1 is 1.16 bits per heavy atom. The Labute approximate surface area is 130 Å². The van der Waals surface area contributed by atoms with E-state index in [1.54, 1.807) is 0 Å². The summed E-state index contributed by atoms with van der Waals surface area (Å²) in [6, 6.07) is 7.76. The van der Waals surface area contributed by atoms with E-state index in [1.807, 2.05) is 24.3 Å². The van der Waals surface area contributed by atoms with Crippen LogP contribution in [-0.4, -0.2) is 9.97 Å². The molecule has 1 saturated carbocycles. The topological polar surface area (TPSA) is 25.8 Å². The molecule has 2 aromatic rings. The van der Waals surface area contributed by atoms with Crippen molar-refractivity contribution >= 4 is 39.1 Å². The van der Waals surface area contributed by atoms with Gasteiger partial charge in [-0.15, -0.1) is 0 Å². The molecule has 0 spiro atoms. The van der Waals surface area contributed by atoms with Gasteiger partial charge in [-0.25, -0.2) is 9.97 Å². The predicted octanol–water partition coefficient (Wildman–Crippen LogP) is 5.34. The van der Waals surface area contributed by atoms with E-state index >= 15 is 0 Å². The zero-order valence-electron chi connectivity index (χ0n) is 10.2. The van der Waals surface area contributed by atoms with Crippen LogP contribution in [0.5, 0.6) is 0 Å². The smallest absolute Gasteiger partial charge is 0.142 e. The molecule has 1 aliphatic rings. The van der Waals surface area contributed by atoms with Crippen molar-refractivity contribution < 1.29 is 0 Å². The van der Waals surface area contributed by atoms with Crippen molar-refractivity contribution in [3.05, 3.63) is 44.9 Å². The van der Waals surface area contributed by atoms with E-state index in [4.69, 9.17) is 23.2 Å². The second-order valence-corrected chi connectivity index (χ2v) is 6.41. The van der Waals surface area contributed by atoms with Crippen molar-refractivity contribution in [1.29, 1.82) is 0 Å². The molecule has 0 bridgehead atoms. The SMILES string of the molecule is CC1CC1c1nc(Cl)c(-c2ccccc2Br)c(Cl)n1. The van der Waals surface area contributed by atoms with Crippen molar-refractivity contribution in [2.75, 3.05) is 0 Å². The van der Waals surface area contributed by atoms with Gasteiger partial charge in [0.25, 0.3) is 0 Å². The van der Waals surface area contributed by atoms with Crippen LogP contribution in [0.3, 0.4) is 0 Å². The third kappa shape index (κ3) is 2.51. The minimum Gasteiger partial charge on any atom is -0.220 e. The van der Waals surface area contributed by atoms with E-state index in [2.05, 4.69) is 32.8 Å². The molecular formula is C14H11BrCl2N2. The molecule has 0 N–H and O–H groups in total. The predicted molar refractivity (Wildman–Crippen MR) is 81.7 cm³/mol. The highest BCUT2D eigenvalue weighted by Crippen LogP contribution is 2.47. The summed E-state index contributed by atoms with van der Waals surface area (Å²) in [6.45, 7) is 2.18. The molecule has 0 aliphatic heterocycles. The van der Waals surface area contributed by atoms with Gasteiger partial charge in [0, 0.05) is 16.0 Å². The van der Waals surface area contributed by atoms with Crippen LogP contribution >= 0.6 is 39.1 Å². The lowest BCUT2D eigenvalue weighted by atomic mass is 10.1. The normalized spacial score (nSPS) is 21.5. The summed E-state index contributed by atoms with van der Waals surface area (Å²) in [5.41, 5.74) is 1.60. The first-order valence-corrected chi connectivity index (χ1v) is 7.60. The lowest BCUT2D eigenvalue weighted by Crippen LogP contribution is -1.98. The molecule has 98 valence electrons. The van der Waals surface area contributed by atoms with Crippen LogP contribution in [0.15, 0.2) is 28.7 Å². The molecule has 0 amide bonds. The zero-order valence-corrected chi connectivity index (χ0v) is 13.3. The molecule has 1 aromatic heterocycles. The maximum Gasteiger partial charge on any atom is 0.142 e. The fourth-order valence-corrected chi connectivity index (χ4v) is 3.24. The fraction of sp³-hybridized carbons (Fsp3) is 0.286. The molecule has 3 rings (SSSR count). The maximum atomic E-state index is 6.30. The number of rotatable bonds is 2. The Kier molecular flexibility index (Phi) is 3.54. The monoisotopic (exact) mass is 356 g/mol. The summed E-state index contributed by atoms with van der Waals surface area (Å²) in [6.07, 6.45) is 1.11.